The molecule has 3 N–H and O–H groups in total. The van der Waals surface area contributed by atoms with E-state index >= 15 is 0 Å². The number of fused-ring (bicyclic) bond motifs is 1. The van der Waals surface area contributed by atoms with Crippen molar-refractivity contribution in [1.82, 2.24) is 24.7 Å². The third-order valence-corrected chi connectivity index (χ3v) is 6.03. The van der Waals surface area contributed by atoms with E-state index < -0.39 is 26.6 Å². The van der Waals surface area contributed by atoms with Gasteiger partial charge in [0.1, 0.15) is 31.4 Å². The zero-order chi connectivity index (χ0) is 25.0. The molecule has 1 aromatic carbocycles. The summed E-state index contributed by atoms with van der Waals surface area (Å²) in [6.07, 6.45) is 2.44. The van der Waals surface area contributed by atoms with E-state index in [1.807, 2.05) is 13.8 Å². The van der Waals surface area contributed by atoms with Gasteiger partial charge in [0, 0.05) is 13.5 Å². The first kappa shape index (κ1) is 27.3. The summed E-state index contributed by atoms with van der Waals surface area (Å²) in [5.74, 6) is 0.534. The van der Waals surface area contributed by atoms with Crippen LogP contribution in [0, 0.1) is 0 Å². The number of imidazole rings is 1. The lowest BCUT2D eigenvalue weighted by Gasteiger charge is -2.22. The Balaban J connectivity index is 0.000000739. The van der Waals surface area contributed by atoms with Crippen molar-refractivity contribution in [2.75, 3.05) is 32.4 Å². The number of hydrogen-bond acceptors (Lipinski definition) is 9. The number of alkyl halides is 1. The molecule has 2 atom stereocenters. The number of aromatic nitrogens is 4. The summed E-state index contributed by atoms with van der Waals surface area (Å²) in [7, 11) is -1.91. The van der Waals surface area contributed by atoms with Crippen molar-refractivity contribution in [2.45, 2.75) is 32.5 Å². The summed E-state index contributed by atoms with van der Waals surface area (Å²) in [4.78, 5) is 18.6. The van der Waals surface area contributed by atoms with E-state index in [9.17, 15) is 13.8 Å². The highest BCUT2D eigenvalue weighted by atomic mass is 31.2. The number of nitrogen functional groups attached to an aromatic ring is 1. The van der Waals surface area contributed by atoms with Gasteiger partial charge in [0.2, 0.25) is 0 Å². The maximum Gasteiger partial charge on any atom is 0.342 e. The van der Waals surface area contributed by atoms with E-state index in [1.54, 1.807) is 37.4 Å². The molecule has 3 aromatic rings. The average Bonchev–Trinajstić information content (AvgIpc) is 3.25. The van der Waals surface area contributed by atoms with Crippen LogP contribution in [0.25, 0.3) is 5.65 Å². The SMILES string of the molecule is COC(C)C.Nc1ncnn2c(CC(CF)OCP(=O)(NCC=O)Oc3ccccc3)cnc12. The molecule has 0 aliphatic rings. The predicted octanol–water partition coefficient (Wildman–Crippen LogP) is 2.66. The van der Waals surface area contributed by atoms with Gasteiger partial charge in [-0.1, -0.05) is 18.2 Å². The Hall–Kier alpha value is -2.92. The Morgan fingerprint density at radius 3 is 2.59 bits per heavy atom. The normalized spacial score (nSPS) is 13.7. The number of anilines is 1. The van der Waals surface area contributed by atoms with Crippen LogP contribution < -0.4 is 15.3 Å². The molecule has 0 fully saturated rings. The fourth-order valence-corrected chi connectivity index (χ4v) is 3.98. The highest BCUT2D eigenvalue weighted by molar-refractivity contribution is 7.57. The lowest BCUT2D eigenvalue weighted by molar-refractivity contribution is -0.106. The predicted molar refractivity (Wildman–Crippen MR) is 126 cm³/mol. The van der Waals surface area contributed by atoms with Crippen molar-refractivity contribution in [3.63, 3.8) is 0 Å². The smallest absolute Gasteiger partial charge is 0.342 e. The van der Waals surface area contributed by atoms with Crippen LogP contribution in [0.3, 0.4) is 0 Å². The van der Waals surface area contributed by atoms with Crippen LogP contribution in [0.5, 0.6) is 5.75 Å². The topological polar surface area (TPSA) is 143 Å². The molecule has 0 radical (unpaired) electrons. The van der Waals surface area contributed by atoms with Crippen molar-refractivity contribution in [1.29, 1.82) is 0 Å². The van der Waals surface area contributed by atoms with Crippen molar-refractivity contribution < 1.29 is 27.7 Å². The van der Waals surface area contributed by atoms with Crippen LogP contribution in [-0.4, -0.2) is 64.8 Å². The van der Waals surface area contributed by atoms with Crippen LogP contribution in [0.4, 0.5) is 10.2 Å². The number of nitrogens with zero attached hydrogens (tertiary/aromatic N) is 4. The zero-order valence-corrected chi connectivity index (χ0v) is 20.2. The highest BCUT2D eigenvalue weighted by Gasteiger charge is 2.27. The summed E-state index contributed by atoms with van der Waals surface area (Å²) in [6.45, 7) is 2.96. The van der Waals surface area contributed by atoms with E-state index in [2.05, 4.69) is 20.2 Å². The van der Waals surface area contributed by atoms with Gasteiger partial charge in [-0.05, 0) is 26.0 Å². The standard InChI is InChI=1S/C17H20FN6O4P.C4H10O/c18-9-15(8-13-10-20-17-16(19)21-11-22-24(13)17)27-12-29(26,23-6-7-25)28-14-4-2-1-3-5-14;1-4(2)5-3/h1-5,7,10-11,15H,6,8-9,12H2,(H,23,26)(H2,19,21,22);4H,1-3H3. The number of ether oxygens (including phenoxy) is 2. The van der Waals surface area contributed by atoms with Gasteiger partial charge in [-0.15, -0.1) is 0 Å². The Morgan fingerprint density at radius 2 is 1.97 bits per heavy atom. The fraction of sp³-hybridized carbons (Fsp3) is 0.429. The molecule has 0 aliphatic carbocycles. The molecule has 0 saturated carbocycles. The Labute approximate surface area is 197 Å². The van der Waals surface area contributed by atoms with Crippen LogP contribution in [0.1, 0.15) is 19.5 Å². The second-order valence-electron chi connectivity index (χ2n) is 7.30. The summed E-state index contributed by atoms with van der Waals surface area (Å²) in [5, 5.41) is 6.58. The quantitative estimate of drug-likeness (QED) is 0.284. The van der Waals surface area contributed by atoms with Gasteiger partial charge in [-0.3, -0.25) is 4.57 Å². The molecule has 0 bridgehead atoms. The first-order valence-electron chi connectivity index (χ1n) is 10.5. The first-order chi connectivity index (χ1) is 16.3. The van der Waals surface area contributed by atoms with Gasteiger partial charge in [0.05, 0.1) is 30.6 Å². The summed E-state index contributed by atoms with van der Waals surface area (Å²) in [5.41, 5.74) is 6.64. The Bertz CT molecular complexity index is 1070. The van der Waals surface area contributed by atoms with Crippen molar-refractivity contribution in [2.24, 2.45) is 0 Å². The second kappa shape index (κ2) is 13.7. The monoisotopic (exact) mass is 496 g/mol. The van der Waals surface area contributed by atoms with Gasteiger partial charge in [-0.2, -0.15) is 5.10 Å². The molecule has 0 spiro atoms. The van der Waals surface area contributed by atoms with E-state index in [1.165, 1.54) is 17.0 Å². The van der Waals surface area contributed by atoms with E-state index in [4.69, 9.17) is 19.7 Å². The molecule has 0 amide bonds. The molecule has 186 valence electrons. The van der Waals surface area contributed by atoms with Crippen LogP contribution in [0.15, 0.2) is 42.9 Å². The number of carbonyl (C=O) groups is 1. The van der Waals surface area contributed by atoms with E-state index in [0.717, 1.165) is 0 Å². The molecular formula is C21H30FN6O5P. The van der Waals surface area contributed by atoms with Gasteiger partial charge < -0.3 is 24.5 Å². The van der Waals surface area contributed by atoms with E-state index in [-0.39, 0.29) is 18.8 Å². The lowest BCUT2D eigenvalue weighted by Crippen LogP contribution is -2.25. The van der Waals surface area contributed by atoms with Gasteiger partial charge in [-0.25, -0.2) is 24.0 Å². The van der Waals surface area contributed by atoms with Gasteiger partial charge in [0.25, 0.3) is 0 Å². The molecule has 0 aliphatic heterocycles. The van der Waals surface area contributed by atoms with Crippen LogP contribution in [0.2, 0.25) is 0 Å². The molecule has 11 nitrogen and oxygen atoms in total. The van der Waals surface area contributed by atoms with Gasteiger partial charge in [0.15, 0.2) is 11.5 Å². The second-order valence-corrected chi connectivity index (χ2v) is 9.40. The van der Waals surface area contributed by atoms with Crippen molar-refractivity contribution >= 4 is 25.3 Å². The third-order valence-electron chi connectivity index (χ3n) is 4.37. The molecular weight excluding hydrogens is 466 g/mol. The molecule has 2 heterocycles. The fourth-order valence-electron chi connectivity index (χ4n) is 2.55. The maximum absolute atomic E-state index is 13.6. The Morgan fingerprint density at radius 1 is 1.26 bits per heavy atom. The summed E-state index contributed by atoms with van der Waals surface area (Å²) >= 11 is 0. The molecule has 3 rings (SSSR count). The van der Waals surface area contributed by atoms with Crippen LogP contribution in [-0.2, 0) is 25.3 Å². The minimum absolute atomic E-state index is 0.104. The minimum Gasteiger partial charge on any atom is -0.431 e. The number of nitrogens with two attached hydrogens (primary N) is 1. The molecule has 2 aromatic heterocycles. The van der Waals surface area contributed by atoms with Gasteiger partial charge >= 0.3 is 7.52 Å². The molecule has 2 unspecified atom stereocenters. The van der Waals surface area contributed by atoms with Crippen LogP contribution >= 0.6 is 7.52 Å². The number of carbonyl (C=O) groups excluding carboxylic acids is 1. The van der Waals surface area contributed by atoms with E-state index in [0.29, 0.717) is 29.5 Å². The number of nitrogens with one attached hydrogen (secondary N) is 1. The summed E-state index contributed by atoms with van der Waals surface area (Å²) < 4.78 is 43.8. The zero-order valence-electron chi connectivity index (χ0n) is 19.3. The molecule has 0 saturated heterocycles. The highest BCUT2D eigenvalue weighted by Crippen LogP contribution is 2.43. The first-order valence-corrected chi connectivity index (χ1v) is 12.3. The van der Waals surface area contributed by atoms with Crippen molar-refractivity contribution in [3.05, 3.63) is 48.5 Å². The number of aldehydes is 1. The largest absolute Gasteiger partial charge is 0.431 e. The number of para-hydroxylation sites is 1. The summed E-state index contributed by atoms with van der Waals surface area (Å²) in [6, 6.07) is 8.43. The number of methoxy groups -OCH3 is 1. The minimum atomic E-state index is -3.61. The number of benzene rings is 1. The number of rotatable bonds is 12. The molecule has 34 heavy (non-hydrogen) atoms. The lowest BCUT2D eigenvalue weighted by atomic mass is 10.2. The third kappa shape index (κ3) is 8.45. The Kier molecular flexibility index (Phi) is 11.0. The molecule has 13 heteroatoms. The number of hydrogen-bond donors (Lipinski definition) is 2. The average molecular weight is 496 g/mol. The number of halogens is 1. The maximum atomic E-state index is 13.6. The van der Waals surface area contributed by atoms with Crippen molar-refractivity contribution in [3.8, 4) is 5.75 Å².